The summed E-state index contributed by atoms with van der Waals surface area (Å²) in [5, 5.41) is 10.7. The lowest BCUT2D eigenvalue weighted by atomic mass is 9.99. The predicted octanol–water partition coefficient (Wildman–Crippen LogP) is 24.5. The summed E-state index contributed by atoms with van der Waals surface area (Å²) in [6.45, 7) is 12.1. The Kier molecular flexibility index (Phi) is 70.9. The molecule has 0 aromatic heterocycles. The summed E-state index contributed by atoms with van der Waals surface area (Å²) in [7, 11) is -9.92. The number of phosphoric acid groups is 2. The standard InChI is InChI=1S/C82H160O17P2/c1-8-11-12-13-14-15-16-27-35-42-49-56-63-79(84)92-70-78(99-82(87)66-59-52-45-38-31-30-34-41-48-55-62-75(7)10-3)72-97-101(90,91)95-68-76(83)67-94-100(88,89)96-71-77(69-93-80(85)64-57-50-43-36-28-23-19-17-21-25-32-39-46-53-60-73(4)5)98-81(86)65-58-51-44-37-29-24-20-18-22-26-33-40-47-54-61-74(6)9-2/h73-78,83H,8-72H2,1-7H3,(H,88,89)(H,90,91)/t74?,75?,76-,77-,78-/m1/s1. The van der Waals surface area contributed by atoms with Crippen LogP contribution >= 0.6 is 15.6 Å². The number of unbranched alkanes of at least 4 members (excludes halogenated alkanes) is 46. The fourth-order valence-corrected chi connectivity index (χ4v) is 14.2. The van der Waals surface area contributed by atoms with Crippen molar-refractivity contribution in [2.75, 3.05) is 39.6 Å². The van der Waals surface area contributed by atoms with E-state index in [9.17, 15) is 43.2 Å². The van der Waals surface area contributed by atoms with Gasteiger partial charge in [0.2, 0.25) is 0 Å². The van der Waals surface area contributed by atoms with Crippen LogP contribution in [0, 0.1) is 17.8 Å². The van der Waals surface area contributed by atoms with Crippen molar-refractivity contribution in [3.63, 3.8) is 0 Å². The third kappa shape index (κ3) is 73.4. The lowest BCUT2D eigenvalue weighted by Gasteiger charge is -2.21. The van der Waals surface area contributed by atoms with Gasteiger partial charge in [0.15, 0.2) is 12.2 Å². The second-order valence-corrected chi connectivity index (χ2v) is 33.4. The van der Waals surface area contributed by atoms with Gasteiger partial charge < -0.3 is 33.8 Å². The average Bonchev–Trinajstić information content (AvgIpc) is 0.980. The molecule has 3 N–H and O–H groups in total. The van der Waals surface area contributed by atoms with Crippen molar-refractivity contribution in [1.29, 1.82) is 0 Å². The largest absolute Gasteiger partial charge is 0.472 e. The monoisotopic (exact) mass is 1480 g/mol. The van der Waals surface area contributed by atoms with E-state index < -0.39 is 97.5 Å². The van der Waals surface area contributed by atoms with Gasteiger partial charge in [-0.25, -0.2) is 9.13 Å². The predicted molar refractivity (Wildman–Crippen MR) is 414 cm³/mol. The van der Waals surface area contributed by atoms with Gasteiger partial charge in [0.25, 0.3) is 0 Å². The molecule has 0 bridgehead atoms. The lowest BCUT2D eigenvalue weighted by Crippen LogP contribution is -2.30. The molecule has 0 radical (unpaired) electrons. The first kappa shape index (κ1) is 99.1. The zero-order chi connectivity index (χ0) is 74.4. The summed E-state index contributed by atoms with van der Waals surface area (Å²) in [5.74, 6) is 0.340. The minimum absolute atomic E-state index is 0.107. The summed E-state index contributed by atoms with van der Waals surface area (Å²) in [6, 6.07) is 0. The molecule has 0 aromatic carbocycles. The maximum absolute atomic E-state index is 13.1. The van der Waals surface area contributed by atoms with Gasteiger partial charge in [-0.1, -0.05) is 376 Å². The Morgan fingerprint density at radius 2 is 0.505 bits per heavy atom. The molecule has 0 aromatic rings. The normalized spacial score (nSPS) is 14.5. The molecule has 0 saturated heterocycles. The first-order valence-corrected chi connectivity index (χ1v) is 45.4. The highest BCUT2D eigenvalue weighted by Gasteiger charge is 2.30. The van der Waals surface area contributed by atoms with Gasteiger partial charge in [0.1, 0.15) is 19.3 Å². The number of carbonyl (C=O) groups is 4. The van der Waals surface area contributed by atoms with Gasteiger partial charge in [-0.15, -0.1) is 0 Å². The lowest BCUT2D eigenvalue weighted by molar-refractivity contribution is -0.161. The summed E-state index contributed by atoms with van der Waals surface area (Å²) in [4.78, 5) is 73.1. The van der Waals surface area contributed by atoms with Crippen molar-refractivity contribution in [1.82, 2.24) is 0 Å². The summed E-state index contributed by atoms with van der Waals surface area (Å²) in [5.41, 5.74) is 0. The van der Waals surface area contributed by atoms with Crippen molar-refractivity contribution in [2.45, 2.75) is 446 Å². The van der Waals surface area contributed by atoms with Crippen molar-refractivity contribution in [3.05, 3.63) is 0 Å². The van der Waals surface area contributed by atoms with Gasteiger partial charge in [-0.2, -0.15) is 0 Å². The van der Waals surface area contributed by atoms with Crippen molar-refractivity contribution in [3.8, 4) is 0 Å². The molecule has 0 aliphatic rings. The quantitative estimate of drug-likeness (QED) is 0.0222. The zero-order valence-electron chi connectivity index (χ0n) is 66.4. The molecule has 19 heteroatoms. The Hall–Kier alpha value is -1.94. The van der Waals surface area contributed by atoms with Gasteiger partial charge >= 0.3 is 39.5 Å². The molecule has 0 spiro atoms. The number of ether oxygens (including phenoxy) is 4. The third-order valence-corrected chi connectivity index (χ3v) is 21.8. The molecule has 101 heavy (non-hydrogen) atoms. The number of hydrogen-bond acceptors (Lipinski definition) is 15. The SMILES string of the molecule is CCCCCCCCCCCCCCC(=O)OC[C@H](COP(=O)(O)OC[C@H](O)COP(=O)(O)OC[C@@H](COC(=O)CCCCCCCCCCCCCCCCC(C)C)OC(=O)CCCCCCCCCCCCCCCCC(C)CC)OC(=O)CCCCCCCCCCCCC(C)CC. The van der Waals surface area contributed by atoms with Crippen LogP contribution in [-0.4, -0.2) is 96.7 Å². The number of carbonyl (C=O) groups excluding carboxylic acids is 4. The Balaban J connectivity index is 5.27. The Labute approximate surface area is 619 Å². The molecule has 0 fully saturated rings. The zero-order valence-corrected chi connectivity index (χ0v) is 68.2. The van der Waals surface area contributed by atoms with Crippen LogP contribution in [0.15, 0.2) is 0 Å². The molecule has 7 atom stereocenters. The van der Waals surface area contributed by atoms with Gasteiger partial charge in [-0.05, 0) is 43.4 Å². The van der Waals surface area contributed by atoms with Crippen molar-refractivity contribution in [2.24, 2.45) is 17.8 Å². The number of phosphoric ester groups is 2. The summed E-state index contributed by atoms with van der Waals surface area (Å²) in [6.07, 6.45) is 60.8. The number of esters is 4. The first-order chi connectivity index (χ1) is 48.8. The molecule has 17 nitrogen and oxygen atoms in total. The first-order valence-electron chi connectivity index (χ1n) is 42.4. The highest BCUT2D eigenvalue weighted by molar-refractivity contribution is 7.47. The maximum Gasteiger partial charge on any atom is 0.472 e. The molecule has 600 valence electrons. The average molecular weight is 1480 g/mol. The smallest absolute Gasteiger partial charge is 0.462 e. The van der Waals surface area contributed by atoms with Crippen LogP contribution in [0.5, 0.6) is 0 Å². The fourth-order valence-electron chi connectivity index (χ4n) is 12.6. The van der Waals surface area contributed by atoms with E-state index in [2.05, 4.69) is 48.5 Å². The molecular weight excluding hydrogens is 1320 g/mol. The van der Waals surface area contributed by atoms with Crippen molar-refractivity contribution < 1.29 is 80.2 Å². The molecule has 4 unspecified atom stereocenters. The van der Waals surface area contributed by atoms with E-state index in [1.54, 1.807) is 0 Å². The van der Waals surface area contributed by atoms with E-state index in [1.807, 2.05) is 0 Å². The summed E-state index contributed by atoms with van der Waals surface area (Å²) >= 11 is 0. The Bertz CT molecular complexity index is 1960. The molecule has 0 aliphatic heterocycles. The minimum atomic E-state index is -4.96. The number of aliphatic hydroxyl groups excluding tert-OH is 1. The van der Waals surface area contributed by atoms with Gasteiger partial charge in [0, 0.05) is 25.7 Å². The van der Waals surface area contributed by atoms with Crippen LogP contribution < -0.4 is 0 Å². The molecule has 0 amide bonds. The summed E-state index contributed by atoms with van der Waals surface area (Å²) < 4.78 is 68.8. The Morgan fingerprint density at radius 1 is 0.287 bits per heavy atom. The van der Waals surface area contributed by atoms with E-state index in [0.29, 0.717) is 25.7 Å². The fraction of sp³-hybridized carbons (Fsp3) is 0.951. The van der Waals surface area contributed by atoms with E-state index in [0.717, 1.165) is 108 Å². The number of hydrogen-bond donors (Lipinski definition) is 3. The van der Waals surface area contributed by atoms with Crippen LogP contribution in [0.3, 0.4) is 0 Å². The topological polar surface area (TPSA) is 237 Å². The van der Waals surface area contributed by atoms with Crippen LogP contribution in [0.25, 0.3) is 0 Å². The number of aliphatic hydroxyl groups is 1. The van der Waals surface area contributed by atoms with E-state index in [1.165, 1.54) is 238 Å². The van der Waals surface area contributed by atoms with Gasteiger partial charge in [-0.3, -0.25) is 37.3 Å². The second kappa shape index (κ2) is 72.3. The molecular formula is C82H160O17P2. The van der Waals surface area contributed by atoms with Crippen LogP contribution in [0.2, 0.25) is 0 Å². The van der Waals surface area contributed by atoms with E-state index >= 15 is 0 Å². The maximum atomic E-state index is 13.1. The highest BCUT2D eigenvalue weighted by Crippen LogP contribution is 2.45. The van der Waals surface area contributed by atoms with E-state index in [-0.39, 0.29) is 25.7 Å². The number of rotatable bonds is 80. The van der Waals surface area contributed by atoms with Crippen LogP contribution in [-0.2, 0) is 65.4 Å². The van der Waals surface area contributed by atoms with Crippen LogP contribution in [0.4, 0.5) is 0 Å². The molecule has 0 heterocycles. The highest BCUT2D eigenvalue weighted by atomic mass is 31.2. The van der Waals surface area contributed by atoms with E-state index in [4.69, 9.17) is 37.0 Å². The van der Waals surface area contributed by atoms with Crippen LogP contribution in [0.1, 0.15) is 427 Å². The molecule has 0 rings (SSSR count). The minimum Gasteiger partial charge on any atom is -0.462 e. The van der Waals surface area contributed by atoms with Crippen molar-refractivity contribution >= 4 is 39.5 Å². The molecule has 0 saturated carbocycles. The van der Waals surface area contributed by atoms with Gasteiger partial charge in [0.05, 0.1) is 26.4 Å². The third-order valence-electron chi connectivity index (χ3n) is 19.9. The molecule has 0 aliphatic carbocycles. The second-order valence-electron chi connectivity index (χ2n) is 30.5. The Morgan fingerprint density at radius 3 is 0.752 bits per heavy atom.